The van der Waals surface area contributed by atoms with E-state index in [-0.39, 0.29) is 5.75 Å². The molecule has 0 aliphatic heterocycles. The number of hydrogen-bond acceptors (Lipinski definition) is 1. The molecule has 0 radical (unpaired) electrons. The molecule has 2 rings (SSSR count). The van der Waals surface area contributed by atoms with Gasteiger partial charge in [-0.2, -0.15) is 4.39 Å². The predicted molar refractivity (Wildman–Crippen MR) is 95.3 cm³/mol. The fourth-order valence-corrected chi connectivity index (χ4v) is 3.70. The molecule has 0 N–H and O–H groups in total. The summed E-state index contributed by atoms with van der Waals surface area (Å²) in [6.07, 6.45) is 13.4. The molecule has 1 aromatic carbocycles. The van der Waals surface area contributed by atoms with Crippen molar-refractivity contribution in [3.63, 3.8) is 0 Å². The molecular formula is C21H30F2O. The zero-order valence-corrected chi connectivity index (χ0v) is 15.0. The highest BCUT2D eigenvalue weighted by Crippen LogP contribution is 2.34. The predicted octanol–water partition coefficient (Wildman–Crippen LogP) is 6.46. The minimum Gasteiger partial charge on any atom is -0.491 e. The lowest BCUT2D eigenvalue weighted by molar-refractivity contribution is 0.253. The van der Waals surface area contributed by atoms with Gasteiger partial charge in [0.05, 0.1) is 6.61 Å². The number of benzene rings is 1. The normalized spacial score (nSPS) is 21.3. The first kappa shape index (κ1) is 19.0. The molecule has 0 atom stereocenters. The quantitative estimate of drug-likeness (QED) is 0.495. The lowest BCUT2D eigenvalue weighted by Gasteiger charge is -2.28. The van der Waals surface area contributed by atoms with Gasteiger partial charge in [-0.3, -0.25) is 0 Å². The Kier molecular flexibility index (Phi) is 7.74. The summed E-state index contributed by atoms with van der Waals surface area (Å²) in [5, 5.41) is 0. The Labute approximate surface area is 145 Å². The second kappa shape index (κ2) is 9.80. The highest BCUT2D eigenvalue weighted by molar-refractivity contribution is 5.31. The van der Waals surface area contributed by atoms with E-state index in [4.69, 9.17) is 4.74 Å². The molecule has 24 heavy (non-hydrogen) atoms. The van der Waals surface area contributed by atoms with Gasteiger partial charge in [0.15, 0.2) is 11.6 Å². The van der Waals surface area contributed by atoms with Crippen LogP contribution in [0.3, 0.4) is 0 Å². The molecule has 0 spiro atoms. The highest BCUT2D eigenvalue weighted by atomic mass is 19.2. The van der Waals surface area contributed by atoms with Crippen LogP contribution in [0.25, 0.3) is 0 Å². The number of hydrogen-bond donors (Lipinski definition) is 0. The van der Waals surface area contributed by atoms with E-state index in [0.29, 0.717) is 24.5 Å². The van der Waals surface area contributed by atoms with Gasteiger partial charge in [-0.05, 0) is 63.0 Å². The molecule has 134 valence electrons. The number of rotatable bonds is 8. The third kappa shape index (κ3) is 5.32. The molecule has 1 saturated carbocycles. The highest BCUT2D eigenvalue weighted by Gasteiger charge is 2.21. The molecule has 3 heteroatoms. The largest absolute Gasteiger partial charge is 0.491 e. The maximum absolute atomic E-state index is 14.1. The molecule has 0 heterocycles. The van der Waals surface area contributed by atoms with Crippen LogP contribution in [0.15, 0.2) is 24.3 Å². The van der Waals surface area contributed by atoms with E-state index in [0.717, 1.165) is 12.3 Å². The smallest absolute Gasteiger partial charge is 0.200 e. The molecule has 0 aromatic heterocycles. The Hall–Kier alpha value is -1.38. The van der Waals surface area contributed by atoms with Gasteiger partial charge in [0.2, 0.25) is 5.82 Å². The minimum atomic E-state index is -0.845. The monoisotopic (exact) mass is 336 g/mol. The van der Waals surface area contributed by atoms with Crippen molar-refractivity contribution in [2.75, 3.05) is 6.61 Å². The summed E-state index contributed by atoms with van der Waals surface area (Å²) in [4.78, 5) is 0. The van der Waals surface area contributed by atoms with E-state index >= 15 is 0 Å². The topological polar surface area (TPSA) is 9.23 Å². The van der Waals surface area contributed by atoms with Crippen molar-refractivity contribution in [2.24, 2.45) is 11.8 Å². The van der Waals surface area contributed by atoms with E-state index in [9.17, 15) is 8.78 Å². The van der Waals surface area contributed by atoms with Crippen molar-refractivity contribution in [2.45, 2.75) is 65.2 Å². The summed E-state index contributed by atoms with van der Waals surface area (Å²) in [5.41, 5.74) is 0.478. The van der Waals surface area contributed by atoms with E-state index in [1.54, 1.807) is 19.1 Å². The van der Waals surface area contributed by atoms with Gasteiger partial charge < -0.3 is 4.74 Å². The Morgan fingerprint density at radius 1 is 1.04 bits per heavy atom. The maximum Gasteiger partial charge on any atom is 0.200 e. The van der Waals surface area contributed by atoms with Gasteiger partial charge in [0.25, 0.3) is 0 Å². The van der Waals surface area contributed by atoms with Crippen molar-refractivity contribution >= 4 is 0 Å². The van der Waals surface area contributed by atoms with Gasteiger partial charge in [0.1, 0.15) is 0 Å². The molecule has 1 aromatic rings. The zero-order chi connectivity index (χ0) is 17.4. The molecule has 0 saturated heterocycles. The third-order valence-corrected chi connectivity index (χ3v) is 5.19. The fourth-order valence-electron chi connectivity index (χ4n) is 3.70. The Balaban J connectivity index is 1.79. The first-order valence-electron chi connectivity index (χ1n) is 9.36. The third-order valence-electron chi connectivity index (χ3n) is 5.19. The second-order valence-corrected chi connectivity index (χ2v) is 6.86. The number of aryl methyl sites for hydroxylation is 1. The van der Waals surface area contributed by atoms with E-state index in [1.165, 1.54) is 38.5 Å². The van der Waals surface area contributed by atoms with Gasteiger partial charge in [-0.15, -0.1) is 0 Å². The summed E-state index contributed by atoms with van der Waals surface area (Å²) in [6.45, 7) is 4.17. The van der Waals surface area contributed by atoms with Crippen molar-refractivity contribution < 1.29 is 13.5 Å². The SMILES string of the molecule is C/C=C/CCC1CCC(CCc2ccc(OCC)c(F)c2F)CC1. The van der Waals surface area contributed by atoms with Crippen LogP contribution in [0, 0.1) is 23.5 Å². The molecule has 1 nitrogen and oxygen atoms in total. The van der Waals surface area contributed by atoms with Crippen LogP contribution < -0.4 is 4.74 Å². The van der Waals surface area contributed by atoms with Crippen LogP contribution in [0.2, 0.25) is 0 Å². The van der Waals surface area contributed by atoms with Gasteiger partial charge in [-0.25, -0.2) is 4.39 Å². The average molecular weight is 336 g/mol. The van der Waals surface area contributed by atoms with Crippen molar-refractivity contribution in [1.82, 2.24) is 0 Å². The summed E-state index contributed by atoms with van der Waals surface area (Å²) in [7, 11) is 0. The molecular weight excluding hydrogens is 306 g/mol. The molecule has 0 bridgehead atoms. The average Bonchev–Trinajstić information content (AvgIpc) is 2.60. The van der Waals surface area contributed by atoms with Crippen LogP contribution in [-0.2, 0) is 6.42 Å². The van der Waals surface area contributed by atoms with E-state index in [2.05, 4.69) is 19.1 Å². The van der Waals surface area contributed by atoms with Crippen molar-refractivity contribution in [3.05, 3.63) is 41.5 Å². The molecule has 1 aliphatic carbocycles. The van der Waals surface area contributed by atoms with Crippen LogP contribution in [0.4, 0.5) is 8.78 Å². The van der Waals surface area contributed by atoms with Crippen LogP contribution in [0.5, 0.6) is 5.75 Å². The van der Waals surface area contributed by atoms with Gasteiger partial charge in [0, 0.05) is 0 Å². The minimum absolute atomic E-state index is 0.0142. The van der Waals surface area contributed by atoms with Crippen LogP contribution >= 0.6 is 0 Å². The number of allylic oxidation sites excluding steroid dienone is 2. The lowest BCUT2D eigenvalue weighted by Crippen LogP contribution is -2.15. The Morgan fingerprint density at radius 3 is 2.33 bits per heavy atom. The number of ether oxygens (including phenoxy) is 1. The van der Waals surface area contributed by atoms with Crippen LogP contribution in [0.1, 0.15) is 64.4 Å². The molecule has 0 amide bonds. The Morgan fingerprint density at radius 2 is 1.71 bits per heavy atom. The van der Waals surface area contributed by atoms with Gasteiger partial charge in [-0.1, -0.05) is 43.9 Å². The first-order chi connectivity index (χ1) is 11.7. The summed E-state index contributed by atoms with van der Waals surface area (Å²) >= 11 is 0. The molecule has 1 fully saturated rings. The summed E-state index contributed by atoms with van der Waals surface area (Å²) < 4.78 is 33.1. The van der Waals surface area contributed by atoms with Crippen molar-refractivity contribution in [3.8, 4) is 5.75 Å². The Bertz CT molecular complexity index is 531. The van der Waals surface area contributed by atoms with Crippen LogP contribution in [-0.4, -0.2) is 6.61 Å². The summed E-state index contributed by atoms with van der Waals surface area (Å²) in [6, 6.07) is 3.22. The fraction of sp³-hybridized carbons (Fsp3) is 0.619. The zero-order valence-electron chi connectivity index (χ0n) is 15.0. The van der Waals surface area contributed by atoms with E-state index < -0.39 is 11.6 Å². The standard InChI is InChI=1S/C21H30F2O/c1-3-5-6-7-16-8-10-17(11-9-16)12-13-18-14-15-19(24-4-2)21(23)20(18)22/h3,5,14-17H,4,6-13H2,1-2H3/b5-3+. The number of halogens is 2. The maximum atomic E-state index is 14.1. The van der Waals surface area contributed by atoms with Gasteiger partial charge >= 0.3 is 0 Å². The van der Waals surface area contributed by atoms with E-state index in [1.807, 2.05) is 0 Å². The first-order valence-corrected chi connectivity index (χ1v) is 9.36. The summed E-state index contributed by atoms with van der Waals surface area (Å²) in [5.74, 6) is -0.0717. The molecule has 1 aliphatic rings. The second-order valence-electron chi connectivity index (χ2n) is 6.86. The van der Waals surface area contributed by atoms with Crippen molar-refractivity contribution in [1.29, 1.82) is 0 Å². The lowest BCUT2D eigenvalue weighted by atomic mass is 9.78. The molecule has 0 unspecified atom stereocenters.